The minimum atomic E-state index is 0.395. The van der Waals surface area contributed by atoms with Crippen LogP contribution in [0.1, 0.15) is 45.4 Å². The van der Waals surface area contributed by atoms with Gasteiger partial charge in [-0.05, 0) is 57.4 Å². The van der Waals surface area contributed by atoms with E-state index in [0.29, 0.717) is 18.1 Å². The number of anilines is 2. The summed E-state index contributed by atoms with van der Waals surface area (Å²) in [5.41, 5.74) is 1.81. The highest BCUT2D eigenvalue weighted by Crippen LogP contribution is 2.29. The second kappa shape index (κ2) is 10.1. The van der Waals surface area contributed by atoms with Crippen LogP contribution in [0.25, 0.3) is 11.3 Å². The molecule has 2 saturated carbocycles. The van der Waals surface area contributed by atoms with Crippen LogP contribution in [0, 0.1) is 5.92 Å². The summed E-state index contributed by atoms with van der Waals surface area (Å²) in [5.74, 6) is 2.47. The van der Waals surface area contributed by atoms with Gasteiger partial charge in [-0.15, -0.1) is 5.10 Å². The van der Waals surface area contributed by atoms with Crippen LogP contribution >= 0.6 is 0 Å². The van der Waals surface area contributed by atoms with Gasteiger partial charge in [0.1, 0.15) is 18.0 Å². The van der Waals surface area contributed by atoms with Crippen molar-refractivity contribution in [3.63, 3.8) is 0 Å². The molecule has 2 aliphatic rings. The van der Waals surface area contributed by atoms with Crippen molar-refractivity contribution in [2.75, 3.05) is 30.9 Å². The molecule has 4 rings (SSSR count). The molecule has 30 heavy (non-hydrogen) atoms. The smallest absolute Gasteiger partial charge is 0.149 e. The maximum Gasteiger partial charge on any atom is 0.149 e. The number of ether oxygens (including phenoxy) is 1. The second-order valence-electron chi connectivity index (χ2n) is 8.66. The lowest BCUT2D eigenvalue weighted by Gasteiger charge is -2.31. The third-order valence-corrected chi connectivity index (χ3v) is 5.90. The van der Waals surface area contributed by atoms with Crippen molar-refractivity contribution in [1.29, 1.82) is 0 Å². The summed E-state index contributed by atoms with van der Waals surface area (Å²) in [4.78, 5) is 8.88. The zero-order chi connectivity index (χ0) is 20.8. The molecule has 8 nitrogen and oxygen atoms in total. The van der Waals surface area contributed by atoms with Gasteiger partial charge >= 0.3 is 0 Å². The van der Waals surface area contributed by atoms with Gasteiger partial charge in [0.05, 0.1) is 18.5 Å². The van der Waals surface area contributed by atoms with Crippen LogP contribution in [0.15, 0.2) is 24.7 Å². The molecule has 2 heterocycles. The average molecular weight is 412 g/mol. The van der Waals surface area contributed by atoms with Gasteiger partial charge < -0.3 is 20.7 Å². The number of nitrogens with zero attached hydrogens (tertiary/aromatic N) is 4. The molecule has 2 aliphatic carbocycles. The minimum absolute atomic E-state index is 0.395. The molecule has 1 atom stereocenters. The molecule has 162 valence electrons. The highest BCUT2D eigenvalue weighted by Gasteiger charge is 2.23. The van der Waals surface area contributed by atoms with E-state index in [1.165, 1.54) is 12.8 Å². The lowest BCUT2D eigenvalue weighted by molar-refractivity contribution is 0.161. The van der Waals surface area contributed by atoms with E-state index in [-0.39, 0.29) is 0 Å². The predicted octanol–water partition coefficient (Wildman–Crippen LogP) is 3.10. The molecule has 2 aromatic heterocycles. The molecule has 0 unspecified atom stereocenters. The van der Waals surface area contributed by atoms with Crippen molar-refractivity contribution in [3.8, 4) is 11.3 Å². The van der Waals surface area contributed by atoms with Gasteiger partial charge in [-0.3, -0.25) is 0 Å². The number of nitrogens with one attached hydrogen (secondary N) is 3. The van der Waals surface area contributed by atoms with Crippen molar-refractivity contribution >= 4 is 11.6 Å². The van der Waals surface area contributed by atoms with Crippen molar-refractivity contribution < 1.29 is 4.74 Å². The van der Waals surface area contributed by atoms with E-state index in [0.717, 1.165) is 67.6 Å². The first-order chi connectivity index (χ1) is 14.7. The van der Waals surface area contributed by atoms with E-state index in [2.05, 4.69) is 43.0 Å². The predicted molar refractivity (Wildman–Crippen MR) is 118 cm³/mol. The van der Waals surface area contributed by atoms with Crippen LogP contribution in [0.4, 0.5) is 11.6 Å². The van der Waals surface area contributed by atoms with Crippen LogP contribution < -0.4 is 16.0 Å². The highest BCUT2D eigenvalue weighted by atomic mass is 16.5. The Bertz CT molecular complexity index is 806. The Kier molecular flexibility index (Phi) is 7.07. The largest absolute Gasteiger partial charge is 0.383 e. The van der Waals surface area contributed by atoms with E-state index >= 15 is 0 Å². The van der Waals surface area contributed by atoms with Gasteiger partial charge in [0.25, 0.3) is 0 Å². The molecule has 0 aromatic carbocycles. The molecule has 0 bridgehead atoms. The van der Waals surface area contributed by atoms with Crippen LogP contribution in [-0.4, -0.2) is 58.6 Å². The summed E-state index contributed by atoms with van der Waals surface area (Å²) in [6.07, 6.45) is 10.6. The summed E-state index contributed by atoms with van der Waals surface area (Å²) >= 11 is 0. The first-order valence-corrected chi connectivity index (χ1v) is 11.1. The molecule has 0 amide bonds. The third kappa shape index (κ3) is 6.09. The Labute approximate surface area is 178 Å². The van der Waals surface area contributed by atoms with Gasteiger partial charge in [0.15, 0.2) is 0 Å². The molecule has 0 radical (unpaired) electrons. The standard InChI is InChI=1S/C22H33N7O/c1-15(13-30-2)27-18-5-7-19(8-6-18)28-21-10-20(24-14-25-21)17-9-22(29-26-12-17)23-11-16-3-4-16/h9-10,12,14-16,18-19,27H,3-8,11,13H2,1-2H3,(H,23,29)(H,24,25,28)/t15-,18?,19?/m1/s1. The third-order valence-electron chi connectivity index (χ3n) is 5.90. The summed E-state index contributed by atoms with van der Waals surface area (Å²) in [6, 6.07) is 5.42. The number of hydrogen-bond donors (Lipinski definition) is 3. The van der Waals surface area contributed by atoms with Crippen LogP contribution in [0.5, 0.6) is 0 Å². The van der Waals surface area contributed by atoms with Crippen molar-refractivity contribution in [1.82, 2.24) is 25.5 Å². The fraction of sp³-hybridized carbons (Fsp3) is 0.636. The lowest BCUT2D eigenvalue weighted by atomic mass is 9.90. The van der Waals surface area contributed by atoms with E-state index in [1.807, 2.05) is 12.1 Å². The highest BCUT2D eigenvalue weighted by molar-refractivity contribution is 5.64. The first kappa shape index (κ1) is 20.9. The molecule has 8 heteroatoms. The number of methoxy groups -OCH3 is 1. The normalized spacial score (nSPS) is 22.5. The molecule has 0 spiro atoms. The van der Waals surface area contributed by atoms with Crippen LogP contribution in [0.2, 0.25) is 0 Å². The van der Waals surface area contributed by atoms with Crippen LogP contribution in [0.3, 0.4) is 0 Å². The maximum atomic E-state index is 5.23. The fourth-order valence-corrected chi connectivity index (χ4v) is 4.07. The van der Waals surface area contributed by atoms with Crippen molar-refractivity contribution in [2.24, 2.45) is 5.92 Å². The molecule has 0 saturated heterocycles. The van der Waals surface area contributed by atoms with Gasteiger partial charge in [0.2, 0.25) is 0 Å². The molecule has 0 aliphatic heterocycles. The average Bonchev–Trinajstić information content (AvgIpc) is 3.59. The monoisotopic (exact) mass is 411 g/mol. The first-order valence-electron chi connectivity index (χ1n) is 11.1. The van der Waals surface area contributed by atoms with E-state index in [4.69, 9.17) is 4.74 Å². The number of aromatic nitrogens is 4. The molecule has 3 N–H and O–H groups in total. The molecular weight excluding hydrogens is 378 g/mol. The summed E-state index contributed by atoms with van der Waals surface area (Å²) in [6.45, 7) is 3.90. The zero-order valence-corrected chi connectivity index (χ0v) is 18.0. The quantitative estimate of drug-likeness (QED) is 0.549. The van der Waals surface area contributed by atoms with Crippen molar-refractivity contribution in [2.45, 2.75) is 63.6 Å². The Morgan fingerprint density at radius 3 is 2.60 bits per heavy atom. The minimum Gasteiger partial charge on any atom is -0.383 e. The summed E-state index contributed by atoms with van der Waals surface area (Å²) in [7, 11) is 1.75. The number of hydrogen-bond acceptors (Lipinski definition) is 8. The van der Waals surface area contributed by atoms with E-state index in [1.54, 1.807) is 19.6 Å². The lowest BCUT2D eigenvalue weighted by Crippen LogP contribution is -2.42. The topological polar surface area (TPSA) is 96.9 Å². The van der Waals surface area contributed by atoms with Gasteiger partial charge in [-0.25, -0.2) is 9.97 Å². The maximum absolute atomic E-state index is 5.23. The fourth-order valence-electron chi connectivity index (χ4n) is 4.07. The van der Waals surface area contributed by atoms with E-state index in [9.17, 15) is 0 Å². The Balaban J connectivity index is 1.31. The molecule has 2 fully saturated rings. The summed E-state index contributed by atoms with van der Waals surface area (Å²) < 4.78 is 5.23. The molecule has 2 aromatic rings. The molecular formula is C22H33N7O. The number of rotatable bonds is 10. The summed E-state index contributed by atoms with van der Waals surface area (Å²) in [5, 5.41) is 19.0. The SMILES string of the molecule is COC[C@@H](C)NC1CCC(Nc2cc(-c3cnnc(NCC4CC4)c3)ncn2)CC1. The van der Waals surface area contributed by atoms with Gasteiger partial charge in [-0.1, -0.05) is 0 Å². The Morgan fingerprint density at radius 1 is 1.03 bits per heavy atom. The second-order valence-corrected chi connectivity index (χ2v) is 8.66. The van der Waals surface area contributed by atoms with Gasteiger partial charge in [-0.2, -0.15) is 5.10 Å². The van der Waals surface area contributed by atoms with Crippen LogP contribution in [-0.2, 0) is 4.74 Å². The Morgan fingerprint density at radius 2 is 1.83 bits per heavy atom. The zero-order valence-electron chi connectivity index (χ0n) is 18.0. The van der Waals surface area contributed by atoms with Gasteiger partial charge in [0, 0.05) is 43.4 Å². The van der Waals surface area contributed by atoms with Crippen molar-refractivity contribution in [3.05, 3.63) is 24.7 Å². The Hall–Kier alpha value is -2.32. The van der Waals surface area contributed by atoms with E-state index < -0.39 is 0 Å².